The molecule has 0 bridgehead atoms. The van der Waals surface area contributed by atoms with E-state index in [2.05, 4.69) is 9.47 Å². The topological polar surface area (TPSA) is 72.9 Å². The summed E-state index contributed by atoms with van der Waals surface area (Å²) in [7, 11) is 2.40. The van der Waals surface area contributed by atoms with E-state index in [1.165, 1.54) is 14.2 Å². The normalized spacial score (nSPS) is 21.2. The van der Waals surface area contributed by atoms with E-state index in [1.54, 1.807) is 0 Å². The number of benzene rings is 1. The Morgan fingerprint density at radius 3 is 2.43 bits per heavy atom. The molecule has 6 heteroatoms. The van der Waals surface area contributed by atoms with Crippen molar-refractivity contribution in [1.82, 2.24) is 4.90 Å². The van der Waals surface area contributed by atoms with Gasteiger partial charge in [-0.25, -0.2) is 14.5 Å². The Labute approximate surface area is 122 Å². The minimum atomic E-state index is -0.913. The number of amides is 2. The molecule has 1 heterocycles. The van der Waals surface area contributed by atoms with Gasteiger partial charge in [-0.15, -0.1) is 0 Å². The molecule has 0 saturated carbocycles. The van der Waals surface area contributed by atoms with E-state index >= 15 is 0 Å². The number of imide groups is 1. The molecule has 2 amide bonds. The third kappa shape index (κ3) is 3.04. The summed E-state index contributed by atoms with van der Waals surface area (Å²) in [6.07, 6.45) is -0.109. The summed E-state index contributed by atoms with van der Waals surface area (Å²) in [6, 6.07) is 8.54. The molecule has 1 aliphatic heterocycles. The summed E-state index contributed by atoms with van der Waals surface area (Å²) in [5, 5.41) is 0. The Morgan fingerprint density at radius 1 is 1.19 bits per heavy atom. The van der Waals surface area contributed by atoms with E-state index in [4.69, 9.17) is 0 Å². The largest absolute Gasteiger partial charge is 0.467 e. The molecule has 6 nitrogen and oxygen atoms in total. The van der Waals surface area contributed by atoms with Crippen LogP contribution in [0.15, 0.2) is 30.3 Å². The van der Waals surface area contributed by atoms with Crippen molar-refractivity contribution in [3.8, 4) is 0 Å². The first-order valence-electron chi connectivity index (χ1n) is 6.61. The summed E-state index contributed by atoms with van der Waals surface area (Å²) in [5.74, 6) is -1.44. The lowest BCUT2D eigenvalue weighted by molar-refractivity contribution is -0.148. The smallest absolute Gasteiger partial charge is 0.417 e. The number of hydrogen-bond donors (Lipinski definition) is 0. The maximum absolute atomic E-state index is 12.4. The summed E-state index contributed by atoms with van der Waals surface area (Å²) in [4.78, 5) is 36.7. The lowest BCUT2D eigenvalue weighted by Gasteiger charge is -2.18. The zero-order valence-electron chi connectivity index (χ0n) is 11.9. The molecule has 1 aromatic carbocycles. The molecule has 2 atom stereocenters. The van der Waals surface area contributed by atoms with Crippen LogP contribution < -0.4 is 0 Å². The number of likely N-dealkylation sites (tertiary alicyclic amines) is 1. The SMILES string of the molecule is COC(=O)[C@@H]1C[C@@H](Cc2ccccc2)C(=O)N1C(=O)OC. The average molecular weight is 291 g/mol. The number of methoxy groups -OCH3 is 2. The lowest BCUT2D eigenvalue weighted by atomic mass is 9.96. The Morgan fingerprint density at radius 2 is 1.86 bits per heavy atom. The number of ether oxygens (including phenoxy) is 2. The average Bonchev–Trinajstić information content (AvgIpc) is 2.83. The van der Waals surface area contributed by atoms with Gasteiger partial charge in [0.25, 0.3) is 0 Å². The standard InChI is InChI=1S/C15H17NO5/c1-20-14(18)12-9-11(8-10-6-4-3-5-7-10)13(17)16(12)15(19)21-2/h3-7,11-12H,8-9H2,1-2H3/t11-,12+/m1/s1. The number of carbonyl (C=O) groups is 3. The maximum Gasteiger partial charge on any atom is 0.417 e. The van der Waals surface area contributed by atoms with Gasteiger partial charge in [0.15, 0.2) is 0 Å². The van der Waals surface area contributed by atoms with Crippen LogP contribution in [-0.4, -0.2) is 43.1 Å². The van der Waals surface area contributed by atoms with Gasteiger partial charge in [-0.2, -0.15) is 0 Å². The van der Waals surface area contributed by atoms with Crippen LogP contribution in [-0.2, 0) is 25.5 Å². The number of hydrogen-bond acceptors (Lipinski definition) is 5. The third-order valence-electron chi connectivity index (χ3n) is 3.58. The fourth-order valence-electron chi connectivity index (χ4n) is 2.55. The van der Waals surface area contributed by atoms with Crippen molar-refractivity contribution in [2.45, 2.75) is 18.9 Å². The molecule has 1 fully saturated rings. The number of rotatable bonds is 3. The number of carbonyl (C=O) groups excluding carboxylic acids is 3. The molecule has 21 heavy (non-hydrogen) atoms. The van der Waals surface area contributed by atoms with E-state index in [0.717, 1.165) is 10.5 Å². The first-order valence-corrected chi connectivity index (χ1v) is 6.61. The molecule has 1 saturated heterocycles. The summed E-state index contributed by atoms with van der Waals surface area (Å²) < 4.78 is 9.25. The van der Waals surface area contributed by atoms with Gasteiger partial charge in [-0.05, 0) is 18.4 Å². The zero-order valence-corrected chi connectivity index (χ0v) is 11.9. The van der Waals surface area contributed by atoms with E-state index in [9.17, 15) is 14.4 Å². The van der Waals surface area contributed by atoms with Gasteiger partial charge in [0.1, 0.15) is 6.04 Å². The van der Waals surface area contributed by atoms with Crippen molar-refractivity contribution >= 4 is 18.0 Å². The van der Waals surface area contributed by atoms with Crippen molar-refractivity contribution in [2.24, 2.45) is 5.92 Å². The molecule has 0 radical (unpaired) electrons. The molecule has 0 unspecified atom stereocenters. The fraction of sp³-hybridized carbons (Fsp3) is 0.400. The van der Waals surface area contributed by atoms with Crippen LogP contribution in [0.3, 0.4) is 0 Å². The minimum absolute atomic E-state index is 0.246. The predicted molar refractivity (Wildman–Crippen MR) is 73.3 cm³/mol. The van der Waals surface area contributed by atoms with Crippen molar-refractivity contribution in [3.63, 3.8) is 0 Å². The Bertz CT molecular complexity index is 542. The van der Waals surface area contributed by atoms with Gasteiger partial charge >= 0.3 is 12.1 Å². The van der Waals surface area contributed by atoms with E-state index in [1.807, 2.05) is 30.3 Å². The first-order chi connectivity index (χ1) is 10.1. The van der Waals surface area contributed by atoms with Crippen molar-refractivity contribution < 1.29 is 23.9 Å². The highest BCUT2D eigenvalue weighted by Gasteiger charge is 2.47. The number of nitrogens with zero attached hydrogens (tertiary/aromatic N) is 1. The quantitative estimate of drug-likeness (QED) is 0.787. The molecular formula is C15H17NO5. The molecule has 0 aromatic heterocycles. The zero-order chi connectivity index (χ0) is 15.4. The van der Waals surface area contributed by atoms with Crippen LogP contribution in [0.5, 0.6) is 0 Å². The van der Waals surface area contributed by atoms with Gasteiger partial charge in [0.2, 0.25) is 5.91 Å². The lowest BCUT2D eigenvalue weighted by Crippen LogP contribution is -2.43. The molecule has 0 N–H and O–H groups in total. The summed E-state index contributed by atoms with van der Waals surface area (Å²) >= 11 is 0. The van der Waals surface area contributed by atoms with Gasteiger partial charge in [-0.3, -0.25) is 4.79 Å². The Kier molecular flexibility index (Phi) is 4.57. The van der Waals surface area contributed by atoms with E-state index in [0.29, 0.717) is 6.42 Å². The van der Waals surface area contributed by atoms with Gasteiger partial charge in [0, 0.05) is 5.92 Å². The molecular weight excluding hydrogens is 274 g/mol. The van der Waals surface area contributed by atoms with Crippen LogP contribution in [0.1, 0.15) is 12.0 Å². The van der Waals surface area contributed by atoms with Gasteiger partial charge in [-0.1, -0.05) is 30.3 Å². The van der Waals surface area contributed by atoms with Crippen molar-refractivity contribution in [1.29, 1.82) is 0 Å². The van der Waals surface area contributed by atoms with Crippen molar-refractivity contribution in [2.75, 3.05) is 14.2 Å². The van der Waals surface area contributed by atoms with Crippen LogP contribution in [0.4, 0.5) is 4.79 Å². The predicted octanol–water partition coefficient (Wildman–Crippen LogP) is 1.39. The summed E-state index contributed by atoms with van der Waals surface area (Å²) in [5.41, 5.74) is 0.978. The second-order valence-electron chi connectivity index (χ2n) is 4.84. The van der Waals surface area contributed by atoms with Gasteiger partial charge < -0.3 is 9.47 Å². The molecule has 2 rings (SSSR count). The summed E-state index contributed by atoms with van der Waals surface area (Å²) in [6.45, 7) is 0. The second kappa shape index (κ2) is 6.39. The van der Waals surface area contributed by atoms with Crippen LogP contribution in [0.25, 0.3) is 0 Å². The highest BCUT2D eigenvalue weighted by Crippen LogP contribution is 2.29. The van der Waals surface area contributed by atoms with Gasteiger partial charge in [0.05, 0.1) is 14.2 Å². The Hall–Kier alpha value is -2.37. The van der Waals surface area contributed by atoms with Crippen LogP contribution in [0, 0.1) is 5.92 Å². The first kappa shape index (κ1) is 15.0. The molecule has 0 spiro atoms. The minimum Gasteiger partial charge on any atom is -0.467 e. The molecule has 0 aliphatic carbocycles. The third-order valence-corrected chi connectivity index (χ3v) is 3.58. The number of esters is 1. The Balaban J connectivity index is 2.20. The van der Waals surface area contributed by atoms with E-state index in [-0.39, 0.29) is 6.42 Å². The highest BCUT2D eigenvalue weighted by atomic mass is 16.5. The van der Waals surface area contributed by atoms with Crippen LogP contribution in [0.2, 0.25) is 0 Å². The molecule has 1 aromatic rings. The van der Waals surface area contributed by atoms with E-state index < -0.39 is 29.9 Å². The maximum atomic E-state index is 12.4. The second-order valence-corrected chi connectivity index (χ2v) is 4.84. The van der Waals surface area contributed by atoms with Crippen molar-refractivity contribution in [3.05, 3.63) is 35.9 Å². The monoisotopic (exact) mass is 291 g/mol. The molecule has 1 aliphatic rings. The van der Waals surface area contributed by atoms with Crippen LogP contribution >= 0.6 is 0 Å². The fourth-order valence-corrected chi connectivity index (χ4v) is 2.55. The highest BCUT2D eigenvalue weighted by molar-refractivity contribution is 6.00. The molecule has 112 valence electrons.